The minimum absolute atomic E-state index is 0.0308. The number of benzene rings is 1. The fraction of sp³-hybridized carbons (Fsp3) is 0.312. The van der Waals surface area contributed by atoms with Crippen molar-refractivity contribution in [3.63, 3.8) is 0 Å². The SMILES string of the molecule is COCCc1ccc(Oc2cc([C@H](C)N)ccn2)cc1. The summed E-state index contributed by atoms with van der Waals surface area (Å²) in [5, 5.41) is 0. The van der Waals surface area contributed by atoms with Gasteiger partial charge in [0, 0.05) is 25.4 Å². The summed E-state index contributed by atoms with van der Waals surface area (Å²) in [6.07, 6.45) is 2.61. The zero-order valence-corrected chi connectivity index (χ0v) is 11.9. The highest BCUT2D eigenvalue weighted by Crippen LogP contribution is 2.22. The number of nitrogens with two attached hydrogens (primary N) is 1. The third kappa shape index (κ3) is 4.05. The molecule has 0 fully saturated rings. The molecule has 0 unspecified atom stereocenters. The van der Waals surface area contributed by atoms with Crippen molar-refractivity contribution in [2.75, 3.05) is 13.7 Å². The summed E-state index contributed by atoms with van der Waals surface area (Å²) >= 11 is 0. The standard InChI is InChI=1S/C16H20N2O2/c1-12(17)14-7-9-18-16(11-14)20-15-5-3-13(4-6-15)8-10-19-2/h3-7,9,11-12H,8,10,17H2,1-2H3/t12-/m0/s1. The molecule has 2 aromatic rings. The van der Waals surface area contributed by atoms with Crippen LogP contribution < -0.4 is 10.5 Å². The second-order valence-corrected chi connectivity index (χ2v) is 4.70. The van der Waals surface area contributed by atoms with Gasteiger partial charge in [0.2, 0.25) is 5.88 Å². The Hall–Kier alpha value is -1.91. The molecule has 0 aliphatic carbocycles. The Bertz CT molecular complexity index is 538. The van der Waals surface area contributed by atoms with Crippen molar-refractivity contribution in [2.24, 2.45) is 5.73 Å². The predicted octanol–water partition coefficient (Wildman–Crippen LogP) is 3.08. The van der Waals surface area contributed by atoms with E-state index in [2.05, 4.69) is 4.98 Å². The van der Waals surface area contributed by atoms with E-state index in [9.17, 15) is 0 Å². The second-order valence-electron chi connectivity index (χ2n) is 4.70. The van der Waals surface area contributed by atoms with Crippen LogP contribution in [0, 0.1) is 0 Å². The van der Waals surface area contributed by atoms with Gasteiger partial charge in [-0.1, -0.05) is 12.1 Å². The number of methoxy groups -OCH3 is 1. The molecule has 2 N–H and O–H groups in total. The number of pyridine rings is 1. The third-order valence-corrected chi connectivity index (χ3v) is 3.03. The van der Waals surface area contributed by atoms with E-state index >= 15 is 0 Å². The Morgan fingerprint density at radius 1 is 1.20 bits per heavy atom. The zero-order chi connectivity index (χ0) is 14.4. The van der Waals surface area contributed by atoms with E-state index in [0.717, 1.165) is 24.3 Å². The van der Waals surface area contributed by atoms with Crippen LogP contribution in [0.5, 0.6) is 11.6 Å². The lowest BCUT2D eigenvalue weighted by Crippen LogP contribution is -2.05. The van der Waals surface area contributed by atoms with Crippen LogP contribution in [0.3, 0.4) is 0 Å². The molecule has 2 rings (SSSR count). The molecule has 0 aliphatic heterocycles. The fourth-order valence-corrected chi connectivity index (χ4v) is 1.83. The van der Waals surface area contributed by atoms with Gasteiger partial charge in [-0.05, 0) is 42.7 Å². The van der Waals surface area contributed by atoms with Gasteiger partial charge in [-0.2, -0.15) is 0 Å². The first-order valence-corrected chi connectivity index (χ1v) is 6.66. The Labute approximate surface area is 119 Å². The van der Waals surface area contributed by atoms with Crippen LogP contribution in [0.1, 0.15) is 24.1 Å². The molecule has 1 aromatic heterocycles. The molecule has 0 saturated carbocycles. The van der Waals surface area contributed by atoms with E-state index in [1.165, 1.54) is 5.56 Å². The van der Waals surface area contributed by atoms with Crippen molar-refractivity contribution in [1.82, 2.24) is 4.98 Å². The lowest BCUT2D eigenvalue weighted by atomic mass is 10.1. The van der Waals surface area contributed by atoms with E-state index in [-0.39, 0.29) is 6.04 Å². The quantitative estimate of drug-likeness (QED) is 0.878. The average Bonchev–Trinajstić information content (AvgIpc) is 2.47. The predicted molar refractivity (Wildman–Crippen MR) is 78.9 cm³/mol. The summed E-state index contributed by atoms with van der Waals surface area (Å²) in [6.45, 7) is 2.65. The van der Waals surface area contributed by atoms with Gasteiger partial charge in [-0.3, -0.25) is 0 Å². The molecule has 0 bridgehead atoms. The van der Waals surface area contributed by atoms with Crippen molar-refractivity contribution < 1.29 is 9.47 Å². The number of ether oxygens (including phenoxy) is 2. The monoisotopic (exact) mass is 272 g/mol. The second kappa shape index (κ2) is 7.03. The van der Waals surface area contributed by atoms with Crippen molar-refractivity contribution in [3.05, 3.63) is 53.7 Å². The number of hydrogen-bond acceptors (Lipinski definition) is 4. The molecule has 0 spiro atoms. The van der Waals surface area contributed by atoms with E-state index in [1.54, 1.807) is 13.3 Å². The summed E-state index contributed by atoms with van der Waals surface area (Å²) in [4.78, 5) is 4.19. The molecule has 20 heavy (non-hydrogen) atoms. The van der Waals surface area contributed by atoms with Crippen LogP contribution in [0.2, 0.25) is 0 Å². The van der Waals surface area contributed by atoms with E-state index in [0.29, 0.717) is 5.88 Å². The molecule has 1 atom stereocenters. The first-order valence-electron chi connectivity index (χ1n) is 6.66. The first-order chi connectivity index (χ1) is 9.69. The zero-order valence-electron chi connectivity index (χ0n) is 11.9. The minimum atomic E-state index is -0.0308. The van der Waals surface area contributed by atoms with Gasteiger partial charge in [-0.15, -0.1) is 0 Å². The summed E-state index contributed by atoms with van der Waals surface area (Å²) in [7, 11) is 1.70. The molecule has 4 nitrogen and oxygen atoms in total. The van der Waals surface area contributed by atoms with E-state index in [1.807, 2.05) is 43.3 Å². The summed E-state index contributed by atoms with van der Waals surface area (Å²) in [5.41, 5.74) is 8.07. The highest BCUT2D eigenvalue weighted by molar-refractivity contribution is 5.32. The van der Waals surface area contributed by atoms with Crippen LogP contribution in [-0.2, 0) is 11.2 Å². The molecule has 4 heteroatoms. The van der Waals surface area contributed by atoms with Crippen LogP contribution in [-0.4, -0.2) is 18.7 Å². The van der Waals surface area contributed by atoms with E-state index in [4.69, 9.17) is 15.2 Å². The summed E-state index contributed by atoms with van der Waals surface area (Å²) in [5.74, 6) is 1.32. The maximum atomic E-state index is 5.85. The number of nitrogens with zero attached hydrogens (tertiary/aromatic N) is 1. The molecular formula is C16H20N2O2. The largest absolute Gasteiger partial charge is 0.439 e. The molecule has 1 heterocycles. The molecule has 106 valence electrons. The number of aromatic nitrogens is 1. The van der Waals surface area contributed by atoms with Gasteiger partial charge in [0.15, 0.2) is 0 Å². The topological polar surface area (TPSA) is 57.4 Å². The van der Waals surface area contributed by atoms with Crippen molar-refractivity contribution in [1.29, 1.82) is 0 Å². The van der Waals surface area contributed by atoms with Crippen molar-refractivity contribution >= 4 is 0 Å². The highest BCUT2D eigenvalue weighted by Gasteiger charge is 2.04. The summed E-state index contributed by atoms with van der Waals surface area (Å²) in [6, 6.07) is 11.7. The molecular weight excluding hydrogens is 252 g/mol. The van der Waals surface area contributed by atoms with E-state index < -0.39 is 0 Å². The first kappa shape index (κ1) is 14.5. The molecule has 0 aliphatic rings. The van der Waals surface area contributed by atoms with Crippen molar-refractivity contribution in [2.45, 2.75) is 19.4 Å². The van der Waals surface area contributed by atoms with Crippen LogP contribution in [0.4, 0.5) is 0 Å². The Balaban J connectivity index is 2.04. The van der Waals surface area contributed by atoms with Crippen molar-refractivity contribution in [3.8, 4) is 11.6 Å². The van der Waals surface area contributed by atoms with Gasteiger partial charge in [0.25, 0.3) is 0 Å². The van der Waals surface area contributed by atoms with Crippen LogP contribution in [0.15, 0.2) is 42.6 Å². The number of rotatable bonds is 6. The lowest BCUT2D eigenvalue weighted by molar-refractivity contribution is 0.202. The highest BCUT2D eigenvalue weighted by atomic mass is 16.5. The van der Waals surface area contributed by atoms with Gasteiger partial charge in [0.05, 0.1) is 6.61 Å². The van der Waals surface area contributed by atoms with Crippen LogP contribution >= 0.6 is 0 Å². The molecule has 0 saturated heterocycles. The number of hydrogen-bond donors (Lipinski definition) is 1. The molecule has 1 aromatic carbocycles. The van der Waals surface area contributed by atoms with Gasteiger partial charge in [-0.25, -0.2) is 4.98 Å². The summed E-state index contributed by atoms with van der Waals surface area (Å²) < 4.78 is 10.8. The normalized spacial score (nSPS) is 12.2. The Morgan fingerprint density at radius 2 is 1.95 bits per heavy atom. The van der Waals surface area contributed by atoms with Gasteiger partial charge >= 0.3 is 0 Å². The third-order valence-electron chi connectivity index (χ3n) is 3.03. The maximum absolute atomic E-state index is 5.85. The van der Waals surface area contributed by atoms with Gasteiger partial charge in [0.1, 0.15) is 5.75 Å². The fourth-order valence-electron chi connectivity index (χ4n) is 1.83. The van der Waals surface area contributed by atoms with Gasteiger partial charge < -0.3 is 15.2 Å². The smallest absolute Gasteiger partial charge is 0.219 e. The lowest BCUT2D eigenvalue weighted by Gasteiger charge is -2.09. The van der Waals surface area contributed by atoms with Crippen LogP contribution in [0.25, 0.3) is 0 Å². The minimum Gasteiger partial charge on any atom is -0.439 e. The average molecular weight is 272 g/mol. The Kier molecular flexibility index (Phi) is 5.09. The maximum Gasteiger partial charge on any atom is 0.219 e. The Morgan fingerprint density at radius 3 is 2.60 bits per heavy atom. The molecule has 0 amide bonds. The molecule has 0 radical (unpaired) electrons.